The lowest BCUT2D eigenvalue weighted by Crippen LogP contribution is -2.20. The fourth-order valence-corrected chi connectivity index (χ4v) is 1.51. The number of nitrogens with one attached hydrogen (secondary N) is 1. The number of benzene rings is 1. The molecule has 0 atom stereocenters. The summed E-state index contributed by atoms with van der Waals surface area (Å²) in [6.45, 7) is 1.90. The standard InChI is InChI=1S/C14H21FN2O4/c1-19-5-2-6-20-7-8-21-10-14(18)17-11-3-4-12(15)13(16)9-11/h3-4,9H,2,5-8,10,16H2,1H3,(H,17,18). The second-order valence-electron chi connectivity index (χ2n) is 4.30. The van der Waals surface area contributed by atoms with Crippen LogP contribution in [0.1, 0.15) is 6.42 Å². The van der Waals surface area contributed by atoms with Crippen LogP contribution in [0, 0.1) is 5.82 Å². The van der Waals surface area contributed by atoms with Crippen LogP contribution in [0.4, 0.5) is 15.8 Å². The summed E-state index contributed by atoms with van der Waals surface area (Å²) in [4.78, 5) is 11.6. The predicted molar refractivity (Wildman–Crippen MR) is 77.6 cm³/mol. The molecule has 0 aliphatic rings. The van der Waals surface area contributed by atoms with E-state index in [-0.39, 0.29) is 18.2 Å². The summed E-state index contributed by atoms with van der Waals surface area (Å²) in [6, 6.07) is 3.98. The highest BCUT2D eigenvalue weighted by molar-refractivity contribution is 5.92. The van der Waals surface area contributed by atoms with Crippen LogP contribution in [0.3, 0.4) is 0 Å². The van der Waals surface area contributed by atoms with Crippen LogP contribution in [0.15, 0.2) is 18.2 Å². The number of hydrogen-bond donors (Lipinski definition) is 2. The third-order valence-corrected chi connectivity index (χ3v) is 2.52. The monoisotopic (exact) mass is 300 g/mol. The molecule has 118 valence electrons. The van der Waals surface area contributed by atoms with Crippen molar-refractivity contribution in [2.24, 2.45) is 0 Å². The van der Waals surface area contributed by atoms with Crippen molar-refractivity contribution in [2.75, 3.05) is 51.2 Å². The normalized spacial score (nSPS) is 10.6. The van der Waals surface area contributed by atoms with Crippen LogP contribution in [-0.2, 0) is 19.0 Å². The first-order chi connectivity index (χ1) is 10.1. The van der Waals surface area contributed by atoms with Gasteiger partial charge in [0.25, 0.3) is 0 Å². The van der Waals surface area contributed by atoms with Gasteiger partial charge in [-0.3, -0.25) is 4.79 Å². The van der Waals surface area contributed by atoms with Crippen molar-refractivity contribution in [1.82, 2.24) is 0 Å². The Labute approximate surface area is 123 Å². The smallest absolute Gasteiger partial charge is 0.250 e. The number of nitrogen functional groups attached to an aromatic ring is 1. The zero-order valence-electron chi connectivity index (χ0n) is 12.1. The van der Waals surface area contributed by atoms with E-state index in [2.05, 4.69) is 5.32 Å². The lowest BCUT2D eigenvalue weighted by Gasteiger charge is -2.08. The molecule has 1 rings (SSSR count). The maximum absolute atomic E-state index is 13.0. The molecule has 1 amide bonds. The molecule has 6 nitrogen and oxygen atoms in total. The lowest BCUT2D eigenvalue weighted by atomic mass is 10.2. The number of hydrogen-bond acceptors (Lipinski definition) is 5. The van der Waals surface area contributed by atoms with Crippen molar-refractivity contribution < 1.29 is 23.4 Å². The molecule has 0 aromatic heterocycles. The molecule has 0 bridgehead atoms. The minimum absolute atomic E-state index is 0.0156. The van der Waals surface area contributed by atoms with E-state index in [4.69, 9.17) is 19.9 Å². The Hall–Kier alpha value is -1.70. The van der Waals surface area contributed by atoms with E-state index in [0.29, 0.717) is 32.1 Å². The average Bonchev–Trinajstić information content (AvgIpc) is 2.46. The highest BCUT2D eigenvalue weighted by Gasteiger charge is 2.04. The first kappa shape index (κ1) is 17.4. The first-order valence-electron chi connectivity index (χ1n) is 6.62. The summed E-state index contributed by atoms with van der Waals surface area (Å²) < 4.78 is 28.3. The van der Waals surface area contributed by atoms with Crippen molar-refractivity contribution in [1.29, 1.82) is 0 Å². The molecular formula is C14H21FN2O4. The predicted octanol–water partition coefficient (Wildman–Crippen LogP) is 1.42. The van der Waals surface area contributed by atoms with E-state index < -0.39 is 5.82 Å². The second kappa shape index (κ2) is 10.1. The van der Waals surface area contributed by atoms with Gasteiger partial charge in [0.1, 0.15) is 12.4 Å². The largest absolute Gasteiger partial charge is 0.396 e. The summed E-state index contributed by atoms with van der Waals surface area (Å²) in [5.74, 6) is -0.852. The van der Waals surface area contributed by atoms with Gasteiger partial charge in [0, 0.05) is 26.0 Å². The highest BCUT2D eigenvalue weighted by atomic mass is 19.1. The molecular weight excluding hydrogens is 279 g/mol. The summed E-state index contributed by atoms with van der Waals surface area (Å²) in [5.41, 5.74) is 5.82. The Morgan fingerprint density at radius 2 is 2.00 bits per heavy atom. The van der Waals surface area contributed by atoms with Gasteiger partial charge in [-0.1, -0.05) is 0 Å². The topological polar surface area (TPSA) is 82.8 Å². The summed E-state index contributed by atoms with van der Waals surface area (Å²) in [7, 11) is 1.64. The van der Waals surface area contributed by atoms with Gasteiger partial charge in [-0.15, -0.1) is 0 Å². The lowest BCUT2D eigenvalue weighted by molar-refractivity contribution is -0.121. The molecule has 3 N–H and O–H groups in total. The Kier molecular flexibility index (Phi) is 8.34. The van der Waals surface area contributed by atoms with E-state index in [1.807, 2.05) is 0 Å². The summed E-state index contributed by atoms with van der Waals surface area (Å²) in [6.07, 6.45) is 0.822. The summed E-state index contributed by atoms with van der Waals surface area (Å²) in [5, 5.41) is 2.56. The number of nitrogens with two attached hydrogens (primary N) is 1. The quantitative estimate of drug-likeness (QED) is 0.504. The Morgan fingerprint density at radius 1 is 1.24 bits per heavy atom. The Morgan fingerprint density at radius 3 is 2.71 bits per heavy atom. The molecule has 21 heavy (non-hydrogen) atoms. The van der Waals surface area contributed by atoms with E-state index in [9.17, 15) is 9.18 Å². The molecule has 0 fully saturated rings. The SMILES string of the molecule is COCCCOCCOCC(=O)Nc1ccc(F)c(N)c1. The minimum atomic E-state index is -0.519. The van der Waals surface area contributed by atoms with Crippen LogP contribution in [0.25, 0.3) is 0 Å². The van der Waals surface area contributed by atoms with Gasteiger partial charge in [-0.25, -0.2) is 4.39 Å². The molecule has 0 saturated carbocycles. The molecule has 0 saturated heterocycles. The molecule has 0 spiro atoms. The fraction of sp³-hybridized carbons (Fsp3) is 0.500. The molecule has 0 aliphatic heterocycles. The number of carbonyl (C=O) groups excluding carboxylic acids is 1. The average molecular weight is 300 g/mol. The third kappa shape index (κ3) is 7.60. The van der Waals surface area contributed by atoms with Gasteiger partial charge in [-0.2, -0.15) is 0 Å². The first-order valence-corrected chi connectivity index (χ1v) is 6.62. The van der Waals surface area contributed by atoms with Gasteiger partial charge in [0.05, 0.1) is 18.9 Å². The number of rotatable bonds is 10. The van der Waals surface area contributed by atoms with Gasteiger partial charge in [0.15, 0.2) is 0 Å². The minimum Gasteiger partial charge on any atom is -0.396 e. The number of anilines is 2. The Bertz CT molecular complexity index is 443. The van der Waals surface area contributed by atoms with Crippen LogP contribution >= 0.6 is 0 Å². The number of carbonyl (C=O) groups is 1. The van der Waals surface area contributed by atoms with E-state index in [1.54, 1.807) is 7.11 Å². The van der Waals surface area contributed by atoms with Crippen LogP contribution in [0.2, 0.25) is 0 Å². The molecule has 0 radical (unpaired) electrons. The van der Waals surface area contributed by atoms with Crippen molar-refractivity contribution >= 4 is 17.3 Å². The van der Waals surface area contributed by atoms with Crippen LogP contribution in [0.5, 0.6) is 0 Å². The zero-order valence-corrected chi connectivity index (χ0v) is 12.1. The van der Waals surface area contributed by atoms with Gasteiger partial charge in [-0.05, 0) is 24.6 Å². The van der Waals surface area contributed by atoms with E-state index in [1.165, 1.54) is 18.2 Å². The van der Waals surface area contributed by atoms with Crippen LogP contribution in [-0.4, -0.2) is 46.1 Å². The third-order valence-electron chi connectivity index (χ3n) is 2.52. The molecule has 1 aromatic rings. The summed E-state index contributed by atoms with van der Waals surface area (Å²) >= 11 is 0. The van der Waals surface area contributed by atoms with Crippen molar-refractivity contribution in [3.63, 3.8) is 0 Å². The number of amides is 1. The molecule has 0 aliphatic carbocycles. The number of halogens is 1. The van der Waals surface area contributed by atoms with Gasteiger partial charge in [0.2, 0.25) is 5.91 Å². The number of methoxy groups -OCH3 is 1. The maximum Gasteiger partial charge on any atom is 0.250 e. The second-order valence-corrected chi connectivity index (χ2v) is 4.30. The Balaban J connectivity index is 2.10. The van der Waals surface area contributed by atoms with Crippen molar-refractivity contribution in [3.05, 3.63) is 24.0 Å². The van der Waals surface area contributed by atoms with Crippen molar-refractivity contribution in [3.8, 4) is 0 Å². The maximum atomic E-state index is 13.0. The molecule has 0 unspecified atom stereocenters. The van der Waals surface area contributed by atoms with Gasteiger partial charge >= 0.3 is 0 Å². The molecule has 7 heteroatoms. The number of ether oxygens (including phenoxy) is 3. The van der Waals surface area contributed by atoms with E-state index in [0.717, 1.165) is 6.42 Å². The van der Waals surface area contributed by atoms with Crippen LogP contribution < -0.4 is 11.1 Å². The van der Waals surface area contributed by atoms with Crippen molar-refractivity contribution in [2.45, 2.75) is 6.42 Å². The van der Waals surface area contributed by atoms with Gasteiger partial charge < -0.3 is 25.3 Å². The molecule has 0 heterocycles. The molecule has 1 aromatic carbocycles. The highest BCUT2D eigenvalue weighted by Crippen LogP contribution is 2.15. The van der Waals surface area contributed by atoms with E-state index >= 15 is 0 Å². The zero-order chi connectivity index (χ0) is 15.5. The fourth-order valence-electron chi connectivity index (χ4n) is 1.51.